The molecular formula is C22H22N4O2. The maximum atomic E-state index is 12.5. The van der Waals surface area contributed by atoms with E-state index in [4.69, 9.17) is 5.26 Å². The summed E-state index contributed by atoms with van der Waals surface area (Å²) in [4.78, 5) is 28.9. The summed E-state index contributed by atoms with van der Waals surface area (Å²) in [6.07, 6.45) is 9.26. The first kappa shape index (κ1) is 19.3. The summed E-state index contributed by atoms with van der Waals surface area (Å²) < 4.78 is 0. The molecule has 1 aromatic heterocycles. The predicted octanol–water partition coefficient (Wildman–Crippen LogP) is 3.83. The fraction of sp³-hybridized carbons (Fsp3) is 0.273. The molecule has 1 aromatic carbocycles. The smallest absolute Gasteiger partial charge is 0.274 e. The van der Waals surface area contributed by atoms with Crippen LogP contribution in [0.4, 0.5) is 5.69 Å². The van der Waals surface area contributed by atoms with Crippen LogP contribution in [0.2, 0.25) is 0 Å². The Kier molecular flexibility index (Phi) is 6.53. The topological polar surface area (TPSA) is 94.9 Å². The van der Waals surface area contributed by atoms with Gasteiger partial charge in [-0.1, -0.05) is 23.8 Å². The second-order valence-electron chi connectivity index (χ2n) is 6.66. The molecule has 1 heterocycles. The summed E-state index contributed by atoms with van der Waals surface area (Å²) in [5.41, 5.74) is 2.67. The zero-order valence-electron chi connectivity index (χ0n) is 15.6. The summed E-state index contributed by atoms with van der Waals surface area (Å²) in [6, 6.07) is 11.8. The third-order valence-electron chi connectivity index (χ3n) is 4.67. The van der Waals surface area contributed by atoms with Crippen molar-refractivity contribution in [2.24, 2.45) is 0 Å². The zero-order chi connectivity index (χ0) is 19.8. The maximum absolute atomic E-state index is 12.5. The van der Waals surface area contributed by atoms with E-state index in [1.807, 2.05) is 6.07 Å². The van der Waals surface area contributed by atoms with E-state index in [1.165, 1.54) is 30.7 Å². The molecule has 0 saturated carbocycles. The highest BCUT2D eigenvalue weighted by Crippen LogP contribution is 2.19. The SMILES string of the molecule is N#Cc1ccccc1NC(=O)c1cc(C(=O)NCCC2=CCCCC2)ccn1. The number of hydrogen-bond acceptors (Lipinski definition) is 4. The van der Waals surface area contributed by atoms with Crippen LogP contribution in [0.5, 0.6) is 0 Å². The number of hydrogen-bond donors (Lipinski definition) is 2. The van der Waals surface area contributed by atoms with Crippen molar-refractivity contribution in [2.45, 2.75) is 32.1 Å². The van der Waals surface area contributed by atoms with Gasteiger partial charge in [0.05, 0.1) is 11.3 Å². The van der Waals surface area contributed by atoms with E-state index in [2.05, 4.69) is 21.7 Å². The van der Waals surface area contributed by atoms with E-state index in [0.717, 1.165) is 19.3 Å². The monoisotopic (exact) mass is 374 g/mol. The first-order valence-electron chi connectivity index (χ1n) is 9.40. The van der Waals surface area contributed by atoms with Gasteiger partial charge < -0.3 is 10.6 Å². The summed E-state index contributed by atoms with van der Waals surface area (Å²) in [6.45, 7) is 0.573. The standard InChI is InChI=1S/C22H22N4O2/c23-15-18-8-4-5-9-19(18)26-22(28)20-14-17(11-13-24-20)21(27)25-12-10-16-6-2-1-3-7-16/h4-6,8-9,11,13-14H,1-3,7,10,12H2,(H,25,27)(H,26,28). The van der Waals surface area contributed by atoms with Gasteiger partial charge in [-0.25, -0.2) is 0 Å². The van der Waals surface area contributed by atoms with Crippen molar-refractivity contribution in [3.05, 3.63) is 71.1 Å². The molecule has 6 heteroatoms. The van der Waals surface area contributed by atoms with Crippen LogP contribution < -0.4 is 10.6 Å². The number of carbonyl (C=O) groups is 2. The molecule has 2 amide bonds. The number of carbonyl (C=O) groups excluding carboxylic acids is 2. The average Bonchev–Trinajstić information content (AvgIpc) is 2.75. The van der Waals surface area contributed by atoms with Crippen LogP contribution in [0, 0.1) is 11.3 Å². The lowest BCUT2D eigenvalue weighted by Gasteiger charge is -2.13. The van der Waals surface area contributed by atoms with Crippen molar-refractivity contribution < 1.29 is 9.59 Å². The van der Waals surface area contributed by atoms with Crippen LogP contribution in [-0.2, 0) is 0 Å². The second kappa shape index (κ2) is 9.47. The van der Waals surface area contributed by atoms with Gasteiger partial charge in [0, 0.05) is 18.3 Å². The highest BCUT2D eigenvalue weighted by molar-refractivity contribution is 6.05. The van der Waals surface area contributed by atoms with E-state index in [-0.39, 0.29) is 11.6 Å². The van der Waals surface area contributed by atoms with Gasteiger partial charge in [0.1, 0.15) is 11.8 Å². The Morgan fingerprint density at radius 3 is 2.79 bits per heavy atom. The second-order valence-corrected chi connectivity index (χ2v) is 6.66. The van der Waals surface area contributed by atoms with Gasteiger partial charge in [0.25, 0.3) is 11.8 Å². The van der Waals surface area contributed by atoms with E-state index >= 15 is 0 Å². The fourth-order valence-electron chi connectivity index (χ4n) is 3.14. The molecule has 0 aliphatic heterocycles. The minimum Gasteiger partial charge on any atom is -0.352 e. The largest absolute Gasteiger partial charge is 0.352 e. The van der Waals surface area contributed by atoms with Crippen LogP contribution >= 0.6 is 0 Å². The number of benzene rings is 1. The van der Waals surface area contributed by atoms with Crippen LogP contribution in [0.15, 0.2) is 54.2 Å². The summed E-state index contributed by atoms with van der Waals surface area (Å²) >= 11 is 0. The molecule has 1 aliphatic carbocycles. The molecule has 0 saturated heterocycles. The Morgan fingerprint density at radius 2 is 2.00 bits per heavy atom. The predicted molar refractivity (Wildman–Crippen MR) is 107 cm³/mol. The lowest BCUT2D eigenvalue weighted by Crippen LogP contribution is -2.25. The highest BCUT2D eigenvalue weighted by Gasteiger charge is 2.13. The minimum absolute atomic E-state index is 0.121. The van der Waals surface area contributed by atoms with Crippen LogP contribution in [0.3, 0.4) is 0 Å². The molecule has 1 aliphatic rings. The number of nitrogens with one attached hydrogen (secondary N) is 2. The maximum Gasteiger partial charge on any atom is 0.274 e. The first-order valence-corrected chi connectivity index (χ1v) is 9.40. The Balaban J connectivity index is 1.61. The Morgan fingerprint density at radius 1 is 1.14 bits per heavy atom. The van der Waals surface area contributed by atoms with E-state index in [1.54, 1.807) is 30.3 Å². The van der Waals surface area contributed by atoms with Gasteiger partial charge in [-0.05, 0) is 56.4 Å². The normalized spacial score (nSPS) is 13.2. The number of anilines is 1. The summed E-state index contributed by atoms with van der Waals surface area (Å²) in [5.74, 6) is -0.699. The molecule has 0 atom stereocenters. The van der Waals surface area contributed by atoms with Gasteiger partial charge in [-0.15, -0.1) is 0 Å². The van der Waals surface area contributed by atoms with Crippen molar-refractivity contribution in [3.63, 3.8) is 0 Å². The first-order chi connectivity index (χ1) is 13.7. The average molecular weight is 374 g/mol. The molecule has 6 nitrogen and oxygen atoms in total. The molecule has 2 N–H and O–H groups in total. The Labute approximate surface area is 164 Å². The number of allylic oxidation sites excluding steroid dienone is 1. The van der Waals surface area contributed by atoms with Gasteiger partial charge in [0.2, 0.25) is 0 Å². The number of nitrogens with zero attached hydrogens (tertiary/aromatic N) is 2. The number of para-hydroxylation sites is 1. The highest BCUT2D eigenvalue weighted by atomic mass is 16.2. The number of pyridine rings is 1. The van der Waals surface area contributed by atoms with Crippen LogP contribution in [0.1, 0.15) is 58.5 Å². The van der Waals surface area contributed by atoms with Crippen molar-refractivity contribution in [2.75, 3.05) is 11.9 Å². The number of aromatic nitrogens is 1. The Bertz CT molecular complexity index is 944. The molecule has 0 spiro atoms. The molecule has 142 valence electrons. The lowest BCUT2D eigenvalue weighted by molar-refractivity contribution is 0.0954. The van der Waals surface area contributed by atoms with Gasteiger partial charge in [-0.2, -0.15) is 5.26 Å². The molecular weight excluding hydrogens is 352 g/mol. The van der Waals surface area contributed by atoms with Crippen molar-refractivity contribution in [3.8, 4) is 6.07 Å². The van der Waals surface area contributed by atoms with Crippen molar-refractivity contribution >= 4 is 17.5 Å². The third kappa shape index (κ3) is 5.04. The minimum atomic E-state index is -0.468. The fourth-order valence-corrected chi connectivity index (χ4v) is 3.14. The van der Waals surface area contributed by atoms with Crippen LogP contribution in [0.25, 0.3) is 0 Å². The van der Waals surface area contributed by atoms with E-state index in [0.29, 0.717) is 23.4 Å². The molecule has 0 fully saturated rings. The van der Waals surface area contributed by atoms with Crippen LogP contribution in [-0.4, -0.2) is 23.3 Å². The molecule has 2 aromatic rings. The molecule has 3 rings (SSSR count). The number of rotatable bonds is 6. The van der Waals surface area contributed by atoms with Gasteiger partial charge in [0.15, 0.2) is 0 Å². The quantitative estimate of drug-likeness (QED) is 0.751. The molecule has 28 heavy (non-hydrogen) atoms. The molecule has 0 unspecified atom stereocenters. The number of amides is 2. The number of nitriles is 1. The summed E-state index contributed by atoms with van der Waals surface area (Å²) in [7, 11) is 0. The zero-order valence-corrected chi connectivity index (χ0v) is 15.6. The summed E-state index contributed by atoms with van der Waals surface area (Å²) in [5, 5.41) is 14.7. The van der Waals surface area contributed by atoms with E-state index < -0.39 is 5.91 Å². The van der Waals surface area contributed by atoms with Gasteiger partial charge in [-0.3, -0.25) is 14.6 Å². The third-order valence-corrected chi connectivity index (χ3v) is 4.67. The molecule has 0 radical (unpaired) electrons. The van der Waals surface area contributed by atoms with Gasteiger partial charge >= 0.3 is 0 Å². The lowest BCUT2D eigenvalue weighted by atomic mass is 9.97. The van der Waals surface area contributed by atoms with E-state index in [9.17, 15) is 9.59 Å². The van der Waals surface area contributed by atoms with Crippen molar-refractivity contribution in [1.82, 2.24) is 10.3 Å². The molecule has 0 bridgehead atoms. The Hall–Kier alpha value is -3.46. The van der Waals surface area contributed by atoms with Crippen molar-refractivity contribution in [1.29, 1.82) is 5.26 Å².